The summed E-state index contributed by atoms with van der Waals surface area (Å²) in [6.45, 7) is 7.78. The molecule has 8 nitrogen and oxygen atoms in total. The Hall–Kier alpha value is -4.59. The minimum absolute atomic E-state index is 0.0437. The number of nitrogens with zero attached hydrogens (tertiary/aromatic N) is 2. The minimum atomic E-state index is -0.942. The molecule has 3 aromatic carbocycles. The predicted molar refractivity (Wildman–Crippen MR) is 146 cm³/mol. The molecule has 1 saturated heterocycles. The Morgan fingerprint density at radius 3 is 2.45 bits per heavy atom. The molecule has 8 heteroatoms. The Morgan fingerprint density at radius 1 is 1.00 bits per heavy atom. The van der Waals surface area contributed by atoms with Crippen molar-refractivity contribution in [2.75, 3.05) is 12.0 Å². The number of fused-ring (bicyclic) bond motifs is 1. The standard InChI is InChI=1S/C30H29N3O5/c1-16(2)38-22-11-7-9-20(15-22)27(34)25-26(19-8-6-10-21(14-19)37-5)33(29(36)28(25)35)30-31-23-12-17(3)18(4)13-24(23)32-30/h6-16,26,34H,1-5H3,(H,31,32)/b27-25+. The van der Waals surface area contributed by atoms with Crippen molar-refractivity contribution in [3.63, 3.8) is 0 Å². The fraction of sp³-hybridized carbons (Fsp3) is 0.233. The Kier molecular flexibility index (Phi) is 6.40. The number of benzene rings is 3. The number of methoxy groups -OCH3 is 1. The molecule has 38 heavy (non-hydrogen) atoms. The third-order valence-electron chi connectivity index (χ3n) is 6.65. The zero-order chi connectivity index (χ0) is 27.1. The van der Waals surface area contributed by atoms with E-state index in [4.69, 9.17) is 9.47 Å². The first kappa shape index (κ1) is 25.1. The van der Waals surface area contributed by atoms with Crippen LogP contribution in [0.15, 0.2) is 66.2 Å². The Morgan fingerprint density at radius 2 is 1.71 bits per heavy atom. The van der Waals surface area contributed by atoms with Crippen LogP contribution in [0.25, 0.3) is 16.8 Å². The molecule has 0 bridgehead atoms. The molecule has 4 aromatic rings. The molecule has 5 rings (SSSR count). The maximum Gasteiger partial charge on any atom is 0.302 e. The van der Waals surface area contributed by atoms with Crippen LogP contribution < -0.4 is 14.4 Å². The second kappa shape index (κ2) is 9.70. The summed E-state index contributed by atoms with van der Waals surface area (Å²) in [7, 11) is 1.54. The van der Waals surface area contributed by atoms with Crippen LogP contribution in [0.1, 0.15) is 42.1 Å². The number of aryl methyl sites for hydroxylation is 2. The first-order valence-electron chi connectivity index (χ1n) is 12.4. The van der Waals surface area contributed by atoms with Crippen molar-refractivity contribution in [3.8, 4) is 11.5 Å². The highest BCUT2D eigenvalue weighted by molar-refractivity contribution is 6.51. The van der Waals surface area contributed by atoms with Gasteiger partial charge in [0.1, 0.15) is 17.3 Å². The Balaban J connectivity index is 1.71. The van der Waals surface area contributed by atoms with Gasteiger partial charge in [-0.1, -0.05) is 24.3 Å². The maximum absolute atomic E-state index is 13.5. The summed E-state index contributed by atoms with van der Waals surface area (Å²) in [5, 5.41) is 11.5. The molecule has 2 N–H and O–H groups in total. The van der Waals surface area contributed by atoms with E-state index in [1.54, 1.807) is 55.6 Å². The van der Waals surface area contributed by atoms with E-state index in [1.165, 1.54) is 4.90 Å². The molecule has 0 aliphatic carbocycles. The van der Waals surface area contributed by atoms with Gasteiger partial charge >= 0.3 is 5.91 Å². The highest BCUT2D eigenvalue weighted by atomic mass is 16.5. The molecular formula is C30H29N3O5. The number of rotatable bonds is 6. The number of aliphatic hydroxyl groups excluding tert-OH is 1. The average Bonchev–Trinajstić information content (AvgIpc) is 3.41. The van der Waals surface area contributed by atoms with Crippen LogP contribution in [0.4, 0.5) is 5.95 Å². The quantitative estimate of drug-likeness (QED) is 0.198. The summed E-state index contributed by atoms with van der Waals surface area (Å²) in [4.78, 5) is 36.2. The number of hydrogen-bond acceptors (Lipinski definition) is 6. The normalized spacial score (nSPS) is 17.0. The molecule has 1 aliphatic rings. The largest absolute Gasteiger partial charge is 0.507 e. The summed E-state index contributed by atoms with van der Waals surface area (Å²) in [5.74, 6) is -0.582. The zero-order valence-electron chi connectivity index (χ0n) is 21.9. The summed E-state index contributed by atoms with van der Waals surface area (Å²) in [6, 6.07) is 16.8. The predicted octanol–water partition coefficient (Wildman–Crippen LogP) is 5.60. The van der Waals surface area contributed by atoms with E-state index in [9.17, 15) is 14.7 Å². The fourth-order valence-corrected chi connectivity index (χ4v) is 4.69. The second-order valence-corrected chi connectivity index (χ2v) is 9.65. The topological polar surface area (TPSA) is 105 Å². The molecule has 1 unspecified atom stereocenters. The van der Waals surface area contributed by atoms with Gasteiger partial charge in [-0.2, -0.15) is 0 Å². The number of H-pyrrole nitrogens is 1. The van der Waals surface area contributed by atoms with E-state index in [1.807, 2.05) is 39.8 Å². The molecule has 1 aromatic heterocycles. The molecule has 0 saturated carbocycles. The molecule has 0 spiro atoms. The van der Waals surface area contributed by atoms with Gasteiger partial charge in [0.2, 0.25) is 5.95 Å². The number of imidazole rings is 1. The first-order chi connectivity index (χ1) is 18.2. The van der Waals surface area contributed by atoms with Gasteiger partial charge < -0.3 is 19.6 Å². The van der Waals surface area contributed by atoms with E-state index in [0.29, 0.717) is 28.1 Å². The molecule has 0 radical (unpaired) electrons. The number of ether oxygens (including phenoxy) is 2. The summed E-state index contributed by atoms with van der Waals surface area (Å²) < 4.78 is 11.2. The summed E-state index contributed by atoms with van der Waals surface area (Å²) in [6.07, 6.45) is -0.0740. The number of carbonyl (C=O) groups is 2. The van der Waals surface area contributed by atoms with Crippen molar-refractivity contribution >= 4 is 34.4 Å². The minimum Gasteiger partial charge on any atom is -0.507 e. The lowest BCUT2D eigenvalue weighted by Gasteiger charge is -2.23. The smallest absolute Gasteiger partial charge is 0.302 e. The van der Waals surface area contributed by atoms with E-state index in [2.05, 4.69) is 9.97 Å². The van der Waals surface area contributed by atoms with Crippen molar-refractivity contribution in [2.45, 2.75) is 39.8 Å². The average molecular weight is 512 g/mol. The molecule has 2 heterocycles. The van der Waals surface area contributed by atoms with E-state index >= 15 is 0 Å². The number of aromatic amines is 1. The van der Waals surface area contributed by atoms with Crippen LogP contribution in [-0.2, 0) is 9.59 Å². The van der Waals surface area contributed by atoms with Crippen molar-refractivity contribution in [1.29, 1.82) is 0 Å². The third-order valence-corrected chi connectivity index (χ3v) is 6.65. The highest BCUT2D eigenvalue weighted by Gasteiger charge is 2.48. The van der Waals surface area contributed by atoms with Crippen LogP contribution in [0.3, 0.4) is 0 Å². The van der Waals surface area contributed by atoms with Crippen molar-refractivity contribution in [2.24, 2.45) is 0 Å². The van der Waals surface area contributed by atoms with E-state index in [0.717, 1.165) is 16.6 Å². The van der Waals surface area contributed by atoms with Crippen molar-refractivity contribution < 1.29 is 24.2 Å². The van der Waals surface area contributed by atoms with Crippen molar-refractivity contribution in [3.05, 3.63) is 88.5 Å². The lowest BCUT2D eigenvalue weighted by Crippen LogP contribution is -2.30. The van der Waals surface area contributed by atoms with Gasteiger partial charge in [0.25, 0.3) is 5.78 Å². The van der Waals surface area contributed by atoms with Crippen LogP contribution in [0.2, 0.25) is 0 Å². The number of aliphatic hydroxyl groups is 1. The number of aromatic nitrogens is 2. The van der Waals surface area contributed by atoms with Crippen LogP contribution in [0, 0.1) is 13.8 Å². The van der Waals surface area contributed by atoms with Gasteiger partial charge in [0.05, 0.1) is 35.9 Å². The molecular weight excluding hydrogens is 482 g/mol. The maximum atomic E-state index is 13.5. The Labute approximate surface area is 220 Å². The SMILES string of the molecule is COc1cccc(C2/C(=C(\O)c3cccc(OC(C)C)c3)C(=O)C(=O)N2c2nc3cc(C)c(C)cc3[nH]2)c1. The van der Waals surface area contributed by atoms with E-state index < -0.39 is 17.7 Å². The van der Waals surface area contributed by atoms with E-state index in [-0.39, 0.29) is 23.4 Å². The lowest BCUT2D eigenvalue weighted by molar-refractivity contribution is -0.132. The van der Waals surface area contributed by atoms with Gasteiger partial charge in [-0.3, -0.25) is 14.5 Å². The second-order valence-electron chi connectivity index (χ2n) is 9.65. The van der Waals surface area contributed by atoms with Gasteiger partial charge in [0.15, 0.2) is 0 Å². The molecule has 1 aliphatic heterocycles. The molecule has 1 amide bonds. The summed E-state index contributed by atoms with van der Waals surface area (Å²) >= 11 is 0. The fourth-order valence-electron chi connectivity index (χ4n) is 4.69. The van der Waals surface area contributed by atoms with Gasteiger partial charge in [-0.05, 0) is 80.8 Å². The number of amides is 1. The van der Waals surface area contributed by atoms with Crippen molar-refractivity contribution in [1.82, 2.24) is 9.97 Å². The van der Waals surface area contributed by atoms with Crippen LogP contribution in [0.5, 0.6) is 11.5 Å². The number of Topliss-reactive ketones (excluding diaryl/α,β-unsaturated/α-hetero) is 1. The van der Waals surface area contributed by atoms with Crippen LogP contribution >= 0.6 is 0 Å². The van der Waals surface area contributed by atoms with Gasteiger partial charge in [-0.25, -0.2) is 4.98 Å². The first-order valence-corrected chi connectivity index (χ1v) is 12.4. The van der Waals surface area contributed by atoms with Gasteiger partial charge in [0, 0.05) is 5.56 Å². The van der Waals surface area contributed by atoms with Gasteiger partial charge in [-0.15, -0.1) is 0 Å². The Bertz CT molecular complexity index is 1560. The molecule has 1 atom stereocenters. The zero-order valence-corrected chi connectivity index (χ0v) is 21.9. The van der Waals surface area contributed by atoms with Crippen LogP contribution in [-0.4, -0.2) is 40.0 Å². The molecule has 1 fully saturated rings. The number of carbonyl (C=O) groups excluding carboxylic acids is 2. The molecule has 194 valence electrons. The summed E-state index contributed by atoms with van der Waals surface area (Å²) in [5.41, 5.74) is 4.46. The lowest BCUT2D eigenvalue weighted by atomic mass is 9.95. The number of nitrogens with one attached hydrogen (secondary N) is 1. The number of ketones is 1. The highest BCUT2D eigenvalue weighted by Crippen LogP contribution is 2.42. The third kappa shape index (κ3) is 4.38. The number of hydrogen-bond donors (Lipinski definition) is 2. The monoisotopic (exact) mass is 511 g/mol. The number of anilines is 1.